The van der Waals surface area contributed by atoms with Gasteiger partial charge >= 0.3 is 0 Å². The molecule has 0 aliphatic carbocycles. The van der Waals surface area contributed by atoms with Crippen LogP contribution in [0.25, 0.3) is 0 Å². The van der Waals surface area contributed by atoms with E-state index in [0.717, 1.165) is 18.1 Å². The minimum atomic E-state index is 0.926. The molecule has 2 nitrogen and oxygen atoms in total. The molecule has 68 valence electrons. The fourth-order valence-electron chi connectivity index (χ4n) is 1.76. The number of aliphatic imine (C=N–C) groups is 1. The van der Waals surface area contributed by atoms with Gasteiger partial charge in [0.1, 0.15) is 5.84 Å². The van der Waals surface area contributed by atoms with Crippen LogP contribution in [0.4, 0.5) is 5.69 Å². The summed E-state index contributed by atoms with van der Waals surface area (Å²) in [4.78, 5) is 6.73. The molecule has 1 aromatic carbocycles. The average Bonchev–Trinajstić information content (AvgIpc) is 2.26. The van der Waals surface area contributed by atoms with E-state index in [-0.39, 0.29) is 0 Å². The van der Waals surface area contributed by atoms with Crippen LogP contribution in [0.1, 0.15) is 5.56 Å². The molecule has 2 aliphatic rings. The summed E-state index contributed by atoms with van der Waals surface area (Å²) in [5.41, 5.74) is 2.38. The number of hydrogen-bond donors (Lipinski definition) is 0. The van der Waals surface area contributed by atoms with Crippen LogP contribution >= 0.6 is 0 Å². The Morgan fingerprint density at radius 1 is 1.14 bits per heavy atom. The van der Waals surface area contributed by atoms with Crippen LogP contribution in [0.3, 0.4) is 0 Å². The van der Waals surface area contributed by atoms with Gasteiger partial charge < -0.3 is 4.90 Å². The normalized spacial score (nSPS) is 17.4. The minimum Gasteiger partial charge on any atom is -0.329 e. The number of allylic oxidation sites excluding steroid dienone is 2. The summed E-state index contributed by atoms with van der Waals surface area (Å²) in [5, 5.41) is 0. The fraction of sp³-hybridized carbons (Fsp3) is 0.0833. The zero-order chi connectivity index (χ0) is 9.38. The molecule has 0 unspecified atom stereocenters. The second-order valence-electron chi connectivity index (χ2n) is 3.43. The predicted octanol–water partition coefficient (Wildman–Crippen LogP) is 2.62. The molecular formula is C12H10N2. The van der Waals surface area contributed by atoms with E-state index >= 15 is 0 Å². The summed E-state index contributed by atoms with van der Waals surface area (Å²) in [7, 11) is 0. The second kappa shape index (κ2) is 2.84. The van der Waals surface area contributed by atoms with Crippen molar-refractivity contribution in [2.24, 2.45) is 4.99 Å². The van der Waals surface area contributed by atoms with Crippen LogP contribution in [0.5, 0.6) is 0 Å². The lowest BCUT2D eigenvalue weighted by Gasteiger charge is -2.27. The van der Waals surface area contributed by atoms with E-state index in [1.165, 1.54) is 5.56 Å². The first-order valence-corrected chi connectivity index (χ1v) is 4.71. The molecule has 0 N–H and O–H groups in total. The Kier molecular flexibility index (Phi) is 1.53. The average molecular weight is 182 g/mol. The molecule has 1 aromatic rings. The molecule has 0 spiro atoms. The van der Waals surface area contributed by atoms with Gasteiger partial charge in [-0.05, 0) is 23.8 Å². The van der Waals surface area contributed by atoms with Crippen LogP contribution in [0.15, 0.2) is 53.7 Å². The number of nitrogens with zero attached hydrogens (tertiary/aromatic N) is 2. The van der Waals surface area contributed by atoms with Crippen molar-refractivity contribution in [2.75, 3.05) is 0 Å². The first-order chi connectivity index (χ1) is 6.93. The summed E-state index contributed by atoms with van der Waals surface area (Å²) in [6.07, 6.45) is 8.15. The number of hydrogen-bond acceptors (Lipinski definition) is 2. The molecule has 0 aromatic heterocycles. The largest absolute Gasteiger partial charge is 0.329 e. The maximum absolute atomic E-state index is 4.57. The summed E-state index contributed by atoms with van der Waals surface area (Å²) in [5.74, 6) is 1.03. The summed E-state index contributed by atoms with van der Waals surface area (Å²) in [6, 6.07) is 8.28. The maximum Gasteiger partial charge on any atom is 0.133 e. The van der Waals surface area contributed by atoms with Crippen molar-refractivity contribution in [1.29, 1.82) is 0 Å². The van der Waals surface area contributed by atoms with Gasteiger partial charge in [0, 0.05) is 6.20 Å². The quantitative estimate of drug-likeness (QED) is 0.602. The number of fused-ring (bicyclic) bond motifs is 2. The van der Waals surface area contributed by atoms with Crippen LogP contribution in [0.2, 0.25) is 0 Å². The van der Waals surface area contributed by atoms with Gasteiger partial charge in [0.25, 0.3) is 0 Å². The highest BCUT2D eigenvalue weighted by atomic mass is 15.2. The van der Waals surface area contributed by atoms with Gasteiger partial charge in [0.05, 0.1) is 12.2 Å². The lowest BCUT2D eigenvalue weighted by Crippen LogP contribution is -2.27. The molecule has 2 heteroatoms. The molecule has 0 fully saturated rings. The first kappa shape index (κ1) is 7.56. The number of amidine groups is 1. The molecule has 0 saturated carbocycles. The molecule has 0 radical (unpaired) electrons. The van der Waals surface area contributed by atoms with Crippen molar-refractivity contribution >= 4 is 11.5 Å². The predicted molar refractivity (Wildman–Crippen MR) is 57.4 cm³/mol. The van der Waals surface area contributed by atoms with E-state index in [1.54, 1.807) is 0 Å². The van der Waals surface area contributed by atoms with E-state index in [4.69, 9.17) is 0 Å². The summed E-state index contributed by atoms with van der Waals surface area (Å²) < 4.78 is 0. The SMILES string of the molecule is C1=CC2=Nc3ccccc3CN2C=C1. The minimum absolute atomic E-state index is 0.926. The number of benzene rings is 1. The van der Waals surface area contributed by atoms with Gasteiger partial charge in [-0.15, -0.1) is 0 Å². The highest BCUT2D eigenvalue weighted by Crippen LogP contribution is 2.26. The van der Waals surface area contributed by atoms with Crippen molar-refractivity contribution in [3.8, 4) is 0 Å². The Bertz CT molecular complexity index is 455. The number of para-hydroxylation sites is 1. The van der Waals surface area contributed by atoms with Gasteiger partial charge in [-0.1, -0.05) is 24.3 Å². The summed E-state index contributed by atoms with van der Waals surface area (Å²) in [6.45, 7) is 0.926. The molecule has 2 heterocycles. The smallest absolute Gasteiger partial charge is 0.133 e. The zero-order valence-electron chi connectivity index (χ0n) is 7.72. The van der Waals surface area contributed by atoms with E-state index in [0.29, 0.717) is 0 Å². The van der Waals surface area contributed by atoms with Gasteiger partial charge in [-0.2, -0.15) is 0 Å². The van der Waals surface area contributed by atoms with Crippen molar-refractivity contribution in [1.82, 2.24) is 4.90 Å². The third kappa shape index (κ3) is 1.08. The Morgan fingerprint density at radius 2 is 2.07 bits per heavy atom. The van der Waals surface area contributed by atoms with Crippen molar-refractivity contribution < 1.29 is 0 Å². The van der Waals surface area contributed by atoms with Gasteiger partial charge in [0.15, 0.2) is 0 Å². The van der Waals surface area contributed by atoms with Crippen molar-refractivity contribution in [2.45, 2.75) is 6.54 Å². The monoisotopic (exact) mass is 182 g/mol. The van der Waals surface area contributed by atoms with Crippen LogP contribution in [-0.2, 0) is 6.54 Å². The Labute approximate surface area is 82.9 Å². The molecule has 0 amide bonds. The highest BCUT2D eigenvalue weighted by Gasteiger charge is 2.16. The zero-order valence-corrected chi connectivity index (χ0v) is 7.72. The number of rotatable bonds is 0. The van der Waals surface area contributed by atoms with E-state index in [9.17, 15) is 0 Å². The fourth-order valence-corrected chi connectivity index (χ4v) is 1.76. The molecule has 3 rings (SSSR count). The molecule has 2 aliphatic heterocycles. The van der Waals surface area contributed by atoms with Crippen LogP contribution in [-0.4, -0.2) is 10.7 Å². The van der Waals surface area contributed by atoms with Gasteiger partial charge in [-0.3, -0.25) is 0 Å². The lowest BCUT2D eigenvalue weighted by atomic mass is 10.1. The maximum atomic E-state index is 4.57. The third-order valence-corrected chi connectivity index (χ3v) is 2.48. The molecule has 0 saturated heterocycles. The lowest BCUT2D eigenvalue weighted by molar-refractivity contribution is 0.544. The molecule has 14 heavy (non-hydrogen) atoms. The molecule has 0 bridgehead atoms. The Balaban J connectivity index is 2.13. The van der Waals surface area contributed by atoms with Crippen LogP contribution < -0.4 is 0 Å². The highest BCUT2D eigenvalue weighted by molar-refractivity contribution is 5.97. The second-order valence-corrected chi connectivity index (χ2v) is 3.43. The molecular weight excluding hydrogens is 172 g/mol. The molecule has 0 atom stereocenters. The topological polar surface area (TPSA) is 15.6 Å². The Hall–Kier alpha value is -1.83. The van der Waals surface area contributed by atoms with Crippen molar-refractivity contribution in [3.05, 3.63) is 54.3 Å². The van der Waals surface area contributed by atoms with Crippen molar-refractivity contribution in [3.63, 3.8) is 0 Å². The first-order valence-electron chi connectivity index (χ1n) is 4.71. The summed E-state index contributed by atoms with van der Waals surface area (Å²) >= 11 is 0. The third-order valence-electron chi connectivity index (χ3n) is 2.48. The van der Waals surface area contributed by atoms with Crippen LogP contribution in [0, 0.1) is 0 Å². The van der Waals surface area contributed by atoms with Gasteiger partial charge in [-0.25, -0.2) is 4.99 Å². The van der Waals surface area contributed by atoms with E-state index in [1.807, 2.05) is 24.3 Å². The van der Waals surface area contributed by atoms with Gasteiger partial charge in [0.2, 0.25) is 0 Å². The van der Waals surface area contributed by atoms with E-state index < -0.39 is 0 Å². The van der Waals surface area contributed by atoms with E-state index in [2.05, 4.69) is 34.3 Å². The Morgan fingerprint density at radius 3 is 3.07 bits per heavy atom. The standard InChI is InChI=1S/C12H10N2/c1-2-6-11-10(5-1)9-14-8-4-3-7-12(14)13-11/h1-8H,9H2.